The third-order valence-electron chi connectivity index (χ3n) is 3.45. The van der Waals surface area contributed by atoms with Gasteiger partial charge in [-0.3, -0.25) is 0 Å². The number of allylic oxidation sites excluding steroid dienone is 2. The molecule has 22 heavy (non-hydrogen) atoms. The number of para-hydroxylation sites is 1. The van der Waals surface area contributed by atoms with Crippen LogP contribution in [0.15, 0.2) is 59.1 Å². The summed E-state index contributed by atoms with van der Waals surface area (Å²) < 4.78 is 9.44. The van der Waals surface area contributed by atoms with Gasteiger partial charge >= 0.3 is 139 Å². The van der Waals surface area contributed by atoms with E-state index in [9.17, 15) is 0 Å². The Kier molecular flexibility index (Phi) is 3.59. The van der Waals surface area contributed by atoms with Crippen molar-refractivity contribution in [2.75, 3.05) is 7.11 Å². The average Bonchev–Trinajstić information content (AvgIpc) is 2.96. The van der Waals surface area contributed by atoms with Gasteiger partial charge in [0.1, 0.15) is 0 Å². The summed E-state index contributed by atoms with van der Waals surface area (Å²) in [5.74, 6) is 0.941. The Morgan fingerprint density at radius 3 is 2.77 bits per heavy atom. The van der Waals surface area contributed by atoms with E-state index in [0.717, 1.165) is 16.3 Å². The van der Waals surface area contributed by atoms with Crippen molar-refractivity contribution in [1.29, 1.82) is 0 Å². The number of aromatic nitrogens is 1. The van der Waals surface area contributed by atoms with E-state index in [1.54, 1.807) is 18.4 Å². The summed E-state index contributed by atoms with van der Waals surface area (Å²) in [4.78, 5) is 4.70. The standard InChI is InChI=1S/C18H13NOSSe/c1-20-15-10-12(22-17-9-5-2-6-13(15)17)11-18-19-14-7-3-4-8-16(14)21-18/h2-11H,1H3/b12-11+. The minimum atomic E-state index is 0.288. The van der Waals surface area contributed by atoms with Crippen LogP contribution in [-0.2, 0) is 4.74 Å². The summed E-state index contributed by atoms with van der Waals surface area (Å²) in [6, 6.07) is 16.7. The fourth-order valence-corrected chi connectivity index (χ4v) is 5.66. The molecule has 2 heterocycles. The van der Waals surface area contributed by atoms with Crippen molar-refractivity contribution in [3.8, 4) is 0 Å². The number of rotatable bonds is 2. The Morgan fingerprint density at radius 1 is 1.09 bits per heavy atom. The molecule has 1 aliphatic heterocycles. The summed E-state index contributed by atoms with van der Waals surface area (Å²) in [5.41, 5.74) is 2.28. The Balaban J connectivity index is 1.77. The van der Waals surface area contributed by atoms with Crippen LogP contribution in [-0.4, -0.2) is 27.1 Å². The molecule has 0 aliphatic carbocycles. The van der Waals surface area contributed by atoms with Crippen LogP contribution in [0, 0.1) is 0 Å². The van der Waals surface area contributed by atoms with E-state index < -0.39 is 0 Å². The zero-order valence-corrected chi connectivity index (χ0v) is 14.5. The van der Waals surface area contributed by atoms with Crippen LogP contribution in [0.2, 0.25) is 0 Å². The van der Waals surface area contributed by atoms with Gasteiger partial charge in [-0.1, -0.05) is 0 Å². The van der Waals surface area contributed by atoms with Crippen LogP contribution in [0.3, 0.4) is 0 Å². The van der Waals surface area contributed by atoms with E-state index >= 15 is 0 Å². The number of fused-ring (bicyclic) bond motifs is 2. The van der Waals surface area contributed by atoms with Crippen molar-refractivity contribution in [2.24, 2.45) is 0 Å². The average molecular weight is 370 g/mol. The molecule has 0 radical (unpaired) electrons. The van der Waals surface area contributed by atoms with Crippen LogP contribution in [0.25, 0.3) is 22.1 Å². The number of hydrogen-bond acceptors (Lipinski definition) is 3. The normalized spacial score (nSPS) is 15.7. The SMILES string of the molecule is COC1=C/C(=C\c2nc3ccccc3s2)[Se]c2ccccc21. The van der Waals surface area contributed by atoms with Gasteiger partial charge in [0.15, 0.2) is 0 Å². The molecule has 4 heteroatoms. The molecule has 0 amide bonds. The second-order valence-electron chi connectivity index (χ2n) is 4.88. The van der Waals surface area contributed by atoms with E-state index in [2.05, 4.69) is 54.6 Å². The number of thiazole rings is 1. The molecule has 4 rings (SSSR count). The van der Waals surface area contributed by atoms with Gasteiger partial charge in [-0.15, -0.1) is 0 Å². The number of hydrogen-bond donors (Lipinski definition) is 0. The Labute approximate surface area is 139 Å². The summed E-state index contributed by atoms with van der Waals surface area (Å²) in [6.07, 6.45) is 4.34. The summed E-state index contributed by atoms with van der Waals surface area (Å²) in [6.45, 7) is 0. The van der Waals surface area contributed by atoms with Crippen molar-refractivity contribution in [3.05, 3.63) is 69.6 Å². The van der Waals surface area contributed by atoms with Crippen LogP contribution in [0.1, 0.15) is 10.6 Å². The zero-order chi connectivity index (χ0) is 14.9. The second kappa shape index (κ2) is 5.73. The van der Waals surface area contributed by atoms with Crippen molar-refractivity contribution in [3.63, 3.8) is 0 Å². The van der Waals surface area contributed by atoms with Crippen LogP contribution < -0.4 is 4.46 Å². The van der Waals surface area contributed by atoms with Crippen molar-refractivity contribution < 1.29 is 4.74 Å². The van der Waals surface area contributed by atoms with E-state index in [1.165, 1.54) is 19.2 Å². The predicted octanol–water partition coefficient (Wildman–Crippen LogP) is 3.67. The van der Waals surface area contributed by atoms with E-state index in [1.807, 2.05) is 6.07 Å². The van der Waals surface area contributed by atoms with Gasteiger partial charge in [-0.2, -0.15) is 0 Å². The molecule has 2 aromatic carbocycles. The maximum absolute atomic E-state index is 5.56. The van der Waals surface area contributed by atoms with Gasteiger partial charge in [0.25, 0.3) is 0 Å². The molecule has 0 saturated carbocycles. The first kappa shape index (κ1) is 13.8. The molecule has 0 unspecified atom stereocenters. The molecule has 0 saturated heterocycles. The molecule has 0 atom stereocenters. The summed E-state index contributed by atoms with van der Waals surface area (Å²) >= 11 is 2.02. The first-order valence-corrected chi connectivity index (χ1v) is 9.47. The maximum atomic E-state index is 5.56. The molecule has 3 aromatic rings. The van der Waals surface area contributed by atoms with Gasteiger partial charge in [0.2, 0.25) is 0 Å². The van der Waals surface area contributed by atoms with Gasteiger partial charge in [0.05, 0.1) is 0 Å². The van der Waals surface area contributed by atoms with E-state index in [4.69, 9.17) is 9.72 Å². The fraction of sp³-hybridized carbons (Fsp3) is 0.0556. The van der Waals surface area contributed by atoms with Gasteiger partial charge in [0, 0.05) is 0 Å². The first-order chi connectivity index (χ1) is 10.8. The molecular weight excluding hydrogens is 357 g/mol. The van der Waals surface area contributed by atoms with Crippen LogP contribution >= 0.6 is 11.3 Å². The van der Waals surface area contributed by atoms with E-state index in [0.29, 0.717) is 0 Å². The summed E-state index contributed by atoms with van der Waals surface area (Å²) in [7, 11) is 1.73. The van der Waals surface area contributed by atoms with Crippen LogP contribution in [0.4, 0.5) is 0 Å². The Morgan fingerprint density at radius 2 is 1.91 bits per heavy atom. The quantitative estimate of drug-likeness (QED) is 0.643. The van der Waals surface area contributed by atoms with Crippen LogP contribution in [0.5, 0.6) is 0 Å². The topological polar surface area (TPSA) is 22.1 Å². The fourth-order valence-electron chi connectivity index (χ4n) is 2.44. The third kappa shape index (κ3) is 2.50. The third-order valence-corrected chi connectivity index (χ3v) is 6.63. The molecule has 0 N–H and O–H groups in total. The molecule has 1 aliphatic rings. The molecule has 0 spiro atoms. The second-order valence-corrected chi connectivity index (χ2v) is 8.28. The summed E-state index contributed by atoms with van der Waals surface area (Å²) in [5, 5.41) is 1.06. The predicted molar refractivity (Wildman–Crippen MR) is 94.4 cm³/mol. The molecule has 108 valence electrons. The molecular formula is C18H13NOSSe. The van der Waals surface area contributed by atoms with Gasteiger partial charge < -0.3 is 0 Å². The van der Waals surface area contributed by atoms with Crippen molar-refractivity contribution in [2.45, 2.75) is 0 Å². The first-order valence-electron chi connectivity index (χ1n) is 6.94. The van der Waals surface area contributed by atoms with Gasteiger partial charge in [-0.25, -0.2) is 0 Å². The van der Waals surface area contributed by atoms with Gasteiger partial charge in [-0.05, 0) is 0 Å². The molecule has 1 aromatic heterocycles. The van der Waals surface area contributed by atoms with Crippen molar-refractivity contribution in [1.82, 2.24) is 4.98 Å². The van der Waals surface area contributed by atoms with Crippen molar-refractivity contribution >= 4 is 52.8 Å². The Hall–Kier alpha value is -1.87. The number of methoxy groups -OCH3 is 1. The molecule has 0 fully saturated rings. The molecule has 2 nitrogen and oxygen atoms in total. The number of benzene rings is 2. The molecule has 0 bridgehead atoms. The minimum absolute atomic E-state index is 0.288. The number of nitrogens with zero attached hydrogens (tertiary/aromatic N) is 1. The van der Waals surface area contributed by atoms with E-state index in [-0.39, 0.29) is 15.0 Å². The monoisotopic (exact) mass is 371 g/mol. The zero-order valence-electron chi connectivity index (χ0n) is 11.9. The Bertz CT molecular complexity index is 877. The number of ether oxygens (including phenoxy) is 1.